The predicted molar refractivity (Wildman–Crippen MR) is 199 cm³/mol. The average Bonchev–Trinajstić information content (AvgIpc) is 3.06. The third kappa shape index (κ3) is 7.65. The molecule has 0 aliphatic carbocycles. The van der Waals surface area contributed by atoms with Crippen molar-refractivity contribution in [3.05, 3.63) is 149 Å². The lowest BCUT2D eigenvalue weighted by molar-refractivity contribution is -0.143. The second-order valence-electron chi connectivity index (χ2n) is 14.6. The molecule has 0 heterocycles. The highest BCUT2D eigenvalue weighted by Gasteiger charge is 2.32. The molecule has 5 aromatic rings. The van der Waals surface area contributed by atoms with Crippen LogP contribution in [0.1, 0.15) is 82.7 Å². The Hall–Kier alpha value is -4.83. The summed E-state index contributed by atoms with van der Waals surface area (Å²) in [4.78, 5) is 14.9. The molecule has 0 aromatic heterocycles. The summed E-state index contributed by atoms with van der Waals surface area (Å²) >= 11 is 0. The van der Waals surface area contributed by atoms with Gasteiger partial charge in [0.25, 0.3) is 0 Å². The lowest BCUT2D eigenvalue weighted by Gasteiger charge is -2.33. The highest BCUT2D eigenvalue weighted by Crippen LogP contribution is 2.42. The third-order valence-corrected chi connectivity index (χ3v) is 9.22. The average molecular weight is 640 g/mol. The van der Waals surface area contributed by atoms with Crippen LogP contribution in [0.2, 0.25) is 0 Å². The van der Waals surface area contributed by atoms with Gasteiger partial charge in [-0.25, -0.2) is 0 Å². The number of benzene rings is 5. The Kier molecular flexibility index (Phi) is 9.86. The zero-order chi connectivity index (χ0) is 34.7. The van der Waals surface area contributed by atoms with Crippen molar-refractivity contribution < 1.29 is 14.3 Å². The summed E-state index contributed by atoms with van der Waals surface area (Å²) in [6.45, 7) is 18.4. The van der Waals surface area contributed by atoms with Gasteiger partial charge in [0.2, 0.25) is 0 Å². The zero-order valence-electron chi connectivity index (χ0n) is 29.9. The minimum Gasteiger partial charge on any atom is -0.488 e. The van der Waals surface area contributed by atoms with Gasteiger partial charge in [0, 0.05) is 22.5 Å². The molecule has 1 atom stereocenters. The summed E-state index contributed by atoms with van der Waals surface area (Å²) in [5.74, 6) is 1.12. The molecule has 0 N–H and O–H groups in total. The van der Waals surface area contributed by atoms with E-state index in [1.807, 2.05) is 32.9 Å². The monoisotopic (exact) mass is 639 g/mol. The van der Waals surface area contributed by atoms with Crippen LogP contribution < -0.4 is 14.4 Å². The van der Waals surface area contributed by atoms with Crippen LogP contribution in [0.3, 0.4) is 0 Å². The van der Waals surface area contributed by atoms with E-state index in [0.29, 0.717) is 5.75 Å². The molecule has 4 heteroatoms. The van der Waals surface area contributed by atoms with Crippen LogP contribution in [0, 0.1) is 19.3 Å². The molecule has 0 radical (unpaired) electrons. The van der Waals surface area contributed by atoms with Crippen molar-refractivity contribution in [1.82, 2.24) is 0 Å². The van der Waals surface area contributed by atoms with Crippen LogP contribution in [0.15, 0.2) is 121 Å². The SMILES string of the molecule is CCC(C)(C)Oc1ccc(C(C)(c2ccc(OC(=O)C(C)(C)C)cc2)c2ccc(N(c3ccc(C)cc3)c3ccc(C)cc3)cc2)cc1. The molecule has 1 unspecified atom stereocenters. The fourth-order valence-electron chi connectivity index (χ4n) is 5.64. The normalized spacial score (nSPS) is 13.0. The van der Waals surface area contributed by atoms with E-state index in [1.54, 1.807) is 0 Å². The van der Waals surface area contributed by atoms with Crippen LogP contribution in [0.4, 0.5) is 17.1 Å². The van der Waals surface area contributed by atoms with Crippen molar-refractivity contribution >= 4 is 23.0 Å². The molecule has 0 bridgehead atoms. The zero-order valence-corrected chi connectivity index (χ0v) is 29.9. The minimum atomic E-state index is -0.587. The maximum absolute atomic E-state index is 12.6. The molecule has 0 saturated heterocycles. The van der Waals surface area contributed by atoms with Crippen LogP contribution in [0.25, 0.3) is 0 Å². The number of hydrogen-bond acceptors (Lipinski definition) is 4. The number of ether oxygens (including phenoxy) is 2. The first-order chi connectivity index (χ1) is 22.7. The lowest BCUT2D eigenvalue weighted by Crippen LogP contribution is -2.27. The van der Waals surface area contributed by atoms with Crippen molar-refractivity contribution in [2.45, 2.75) is 79.8 Å². The van der Waals surface area contributed by atoms with Crippen molar-refractivity contribution in [2.24, 2.45) is 5.41 Å². The highest BCUT2D eigenvalue weighted by atomic mass is 16.5. The van der Waals surface area contributed by atoms with Gasteiger partial charge in [-0.15, -0.1) is 0 Å². The molecule has 0 spiro atoms. The fourth-order valence-corrected chi connectivity index (χ4v) is 5.64. The van der Waals surface area contributed by atoms with Crippen LogP contribution in [-0.2, 0) is 10.2 Å². The number of esters is 1. The summed E-state index contributed by atoms with van der Waals surface area (Å²) in [6, 6.07) is 42.5. The number of rotatable bonds is 10. The summed E-state index contributed by atoms with van der Waals surface area (Å²) in [5.41, 5.74) is 7.74. The van der Waals surface area contributed by atoms with Gasteiger partial charge >= 0.3 is 5.97 Å². The van der Waals surface area contributed by atoms with Crippen molar-refractivity contribution in [3.63, 3.8) is 0 Å². The lowest BCUT2D eigenvalue weighted by atomic mass is 9.71. The Bertz CT molecular complexity index is 1770. The molecular weight excluding hydrogens is 590 g/mol. The van der Waals surface area contributed by atoms with E-state index in [-0.39, 0.29) is 11.6 Å². The molecule has 0 saturated carbocycles. The Balaban J connectivity index is 1.57. The summed E-state index contributed by atoms with van der Waals surface area (Å²) in [6.07, 6.45) is 0.910. The fraction of sp³-hybridized carbons (Fsp3) is 0.295. The standard InChI is InChI=1S/C44H49NO3/c1-10-43(7,8)48-40-29-19-35(20-30-40)44(9,34-17-27-39(28-18-34)47-41(46)42(4,5)6)33-15-25-38(26-16-33)45(36-21-11-31(2)12-22-36)37-23-13-32(3)14-24-37/h11-30H,10H2,1-9H3. The van der Waals surface area contributed by atoms with Gasteiger partial charge in [-0.05, 0) is 139 Å². The Morgan fingerprint density at radius 2 is 0.896 bits per heavy atom. The Morgan fingerprint density at radius 1 is 0.542 bits per heavy atom. The third-order valence-electron chi connectivity index (χ3n) is 9.22. The largest absolute Gasteiger partial charge is 0.488 e. The molecule has 48 heavy (non-hydrogen) atoms. The van der Waals surface area contributed by atoms with E-state index in [2.05, 4.69) is 156 Å². The van der Waals surface area contributed by atoms with E-state index in [0.717, 1.165) is 45.9 Å². The van der Waals surface area contributed by atoms with E-state index >= 15 is 0 Å². The maximum Gasteiger partial charge on any atom is 0.316 e. The molecule has 5 aromatic carbocycles. The van der Waals surface area contributed by atoms with Gasteiger partial charge in [0.05, 0.1) is 5.41 Å². The second-order valence-corrected chi connectivity index (χ2v) is 14.6. The topological polar surface area (TPSA) is 38.8 Å². The molecule has 0 fully saturated rings. The quantitative estimate of drug-likeness (QED) is 0.0866. The smallest absolute Gasteiger partial charge is 0.316 e. The second kappa shape index (κ2) is 13.7. The molecule has 0 amide bonds. The first-order valence-corrected chi connectivity index (χ1v) is 16.9. The van der Waals surface area contributed by atoms with E-state index in [4.69, 9.17) is 9.47 Å². The van der Waals surface area contributed by atoms with Gasteiger partial charge in [-0.1, -0.05) is 78.7 Å². The first-order valence-electron chi connectivity index (χ1n) is 16.9. The number of carbonyl (C=O) groups excluding carboxylic acids is 1. The van der Waals surface area contributed by atoms with Crippen molar-refractivity contribution in [2.75, 3.05) is 4.90 Å². The van der Waals surface area contributed by atoms with Crippen LogP contribution in [0.5, 0.6) is 11.5 Å². The van der Waals surface area contributed by atoms with Crippen molar-refractivity contribution in [1.29, 1.82) is 0 Å². The number of hydrogen-bond donors (Lipinski definition) is 0. The van der Waals surface area contributed by atoms with Crippen LogP contribution >= 0.6 is 0 Å². The number of aryl methyl sites for hydroxylation is 2. The van der Waals surface area contributed by atoms with E-state index < -0.39 is 10.8 Å². The van der Waals surface area contributed by atoms with Gasteiger partial charge in [-0.2, -0.15) is 0 Å². The number of carbonyl (C=O) groups is 1. The number of nitrogens with zero attached hydrogens (tertiary/aromatic N) is 1. The molecule has 0 aliphatic rings. The summed E-state index contributed by atoms with van der Waals surface area (Å²) < 4.78 is 12.0. The van der Waals surface area contributed by atoms with Gasteiger partial charge in [-0.3, -0.25) is 4.79 Å². The molecule has 248 valence electrons. The first kappa shape index (κ1) is 34.5. The summed E-state index contributed by atoms with van der Waals surface area (Å²) in [7, 11) is 0. The Labute approximate surface area is 287 Å². The molecular formula is C44H49NO3. The molecule has 0 aliphatic heterocycles. The minimum absolute atomic E-state index is 0.248. The van der Waals surface area contributed by atoms with Gasteiger partial charge in [0.1, 0.15) is 17.1 Å². The number of anilines is 3. The van der Waals surface area contributed by atoms with Gasteiger partial charge in [0.15, 0.2) is 0 Å². The highest BCUT2D eigenvalue weighted by molar-refractivity contribution is 5.78. The Morgan fingerprint density at radius 3 is 1.27 bits per heavy atom. The summed E-state index contributed by atoms with van der Waals surface area (Å²) in [5, 5.41) is 0. The van der Waals surface area contributed by atoms with E-state index in [9.17, 15) is 4.79 Å². The maximum atomic E-state index is 12.6. The molecule has 4 nitrogen and oxygen atoms in total. The van der Waals surface area contributed by atoms with Crippen LogP contribution in [-0.4, -0.2) is 11.6 Å². The van der Waals surface area contributed by atoms with Gasteiger partial charge < -0.3 is 14.4 Å². The molecule has 5 rings (SSSR count). The van der Waals surface area contributed by atoms with E-state index in [1.165, 1.54) is 11.1 Å². The predicted octanol–water partition coefficient (Wildman–Crippen LogP) is 11.6. The van der Waals surface area contributed by atoms with Crippen molar-refractivity contribution in [3.8, 4) is 11.5 Å².